The zero-order valence-corrected chi connectivity index (χ0v) is 12.2. The largest absolute Gasteiger partial charge is 0.463 e. The fraction of sp³-hybridized carbons (Fsp3) is 0.294. The lowest BCUT2D eigenvalue weighted by Crippen LogP contribution is -2.24. The predicted molar refractivity (Wildman–Crippen MR) is 81.0 cm³/mol. The molecule has 0 radical (unpaired) electrons. The van der Waals surface area contributed by atoms with Crippen molar-refractivity contribution >= 4 is 11.6 Å². The van der Waals surface area contributed by atoms with Crippen LogP contribution in [0.1, 0.15) is 31.6 Å². The predicted octanol–water partition coefficient (Wildman–Crippen LogP) is 3.10. The number of carbonyl (C=O) groups is 1. The van der Waals surface area contributed by atoms with Crippen LogP contribution < -0.4 is 5.43 Å². The highest BCUT2D eigenvalue weighted by atomic mass is 16.3. The number of nitrogens with zero attached hydrogens (tertiary/aromatic N) is 1. The van der Waals surface area contributed by atoms with Gasteiger partial charge in [0.05, 0.1) is 12.2 Å². The van der Waals surface area contributed by atoms with Gasteiger partial charge in [-0.25, -0.2) is 5.43 Å². The monoisotopic (exact) mass is 282 g/mol. The van der Waals surface area contributed by atoms with Gasteiger partial charge in [0.2, 0.25) is 5.91 Å². The highest BCUT2D eigenvalue weighted by Gasteiger charge is 2.55. The van der Waals surface area contributed by atoms with Crippen LogP contribution in [-0.2, 0) is 10.2 Å². The van der Waals surface area contributed by atoms with Gasteiger partial charge in [-0.2, -0.15) is 5.10 Å². The first-order valence-corrected chi connectivity index (χ1v) is 7.05. The fourth-order valence-corrected chi connectivity index (χ4v) is 2.64. The van der Waals surface area contributed by atoms with Crippen LogP contribution in [0.4, 0.5) is 0 Å². The van der Waals surface area contributed by atoms with Gasteiger partial charge in [-0.15, -0.1) is 0 Å². The van der Waals surface area contributed by atoms with Crippen molar-refractivity contribution in [1.29, 1.82) is 0 Å². The third kappa shape index (κ3) is 2.61. The van der Waals surface area contributed by atoms with Crippen LogP contribution >= 0.6 is 0 Å². The molecule has 2 aromatic rings. The number of furan rings is 1. The molecule has 1 aromatic heterocycles. The van der Waals surface area contributed by atoms with E-state index < -0.39 is 0 Å². The van der Waals surface area contributed by atoms with Gasteiger partial charge in [0.1, 0.15) is 11.5 Å². The van der Waals surface area contributed by atoms with Crippen molar-refractivity contribution in [2.75, 3.05) is 0 Å². The van der Waals surface area contributed by atoms with Crippen molar-refractivity contribution in [3.05, 3.63) is 60.1 Å². The number of amides is 1. The Morgan fingerprint density at radius 1 is 1.29 bits per heavy atom. The molecule has 1 amide bonds. The van der Waals surface area contributed by atoms with Crippen LogP contribution in [-0.4, -0.2) is 11.6 Å². The zero-order valence-electron chi connectivity index (χ0n) is 12.2. The van der Waals surface area contributed by atoms with Gasteiger partial charge in [-0.1, -0.05) is 37.3 Å². The molecule has 1 aliphatic rings. The van der Waals surface area contributed by atoms with E-state index in [9.17, 15) is 4.79 Å². The summed E-state index contributed by atoms with van der Waals surface area (Å²) in [6, 6.07) is 13.8. The lowest BCUT2D eigenvalue weighted by atomic mass is 9.95. The summed E-state index contributed by atoms with van der Waals surface area (Å²) in [6.07, 6.45) is 2.45. The Morgan fingerprint density at radius 2 is 2.05 bits per heavy atom. The summed E-state index contributed by atoms with van der Waals surface area (Å²) in [5.74, 6) is 0.609. The average Bonchev–Trinajstić information content (AvgIpc) is 2.96. The minimum absolute atomic E-state index is 0.0203. The van der Waals surface area contributed by atoms with Crippen molar-refractivity contribution in [3.63, 3.8) is 0 Å². The van der Waals surface area contributed by atoms with Gasteiger partial charge in [0.25, 0.3) is 0 Å². The quantitative estimate of drug-likeness (QED) is 0.692. The van der Waals surface area contributed by atoms with Crippen LogP contribution in [0.15, 0.2) is 58.2 Å². The molecule has 1 aliphatic carbocycles. The molecule has 108 valence electrons. The second-order valence-corrected chi connectivity index (χ2v) is 5.69. The summed E-state index contributed by atoms with van der Waals surface area (Å²) in [5.41, 5.74) is 4.44. The Bertz CT molecular complexity index is 661. The van der Waals surface area contributed by atoms with E-state index in [1.165, 1.54) is 5.56 Å². The summed E-state index contributed by atoms with van der Waals surface area (Å²) in [7, 11) is 0. The Hall–Kier alpha value is -2.36. The molecule has 1 fully saturated rings. The maximum absolute atomic E-state index is 12.2. The van der Waals surface area contributed by atoms with Crippen LogP contribution in [0.25, 0.3) is 0 Å². The maximum Gasteiger partial charge on any atom is 0.244 e. The van der Waals surface area contributed by atoms with E-state index in [1.807, 2.05) is 31.2 Å². The standard InChI is InChI=1S/C17H18N2O2/c1-12(15-9-6-10-21-15)18-19-16(20)14-11-17(14,2)13-7-4-3-5-8-13/h3-10,14H,11H2,1-2H3,(H,19,20)/b18-12-/t14-,17-/m0/s1. The summed E-state index contributed by atoms with van der Waals surface area (Å²) in [6.45, 7) is 3.93. The third-order valence-electron chi connectivity index (χ3n) is 4.20. The van der Waals surface area contributed by atoms with Gasteiger partial charge in [-0.3, -0.25) is 4.79 Å². The Morgan fingerprint density at radius 3 is 2.71 bits per heavy atom. The van der Waals surface area contributed by atoms with Crippen LogP contribution in [0, 0.1) is 5.92 Å². The number of hydrogen-bond acceptors (Lipinski definition) is 3. The minimum atomic E-state index is -0.0700. The topological polar surface area (TPSA) is 54.6 Å². The number of nitrogens with one attached hydrogen (secondary N) is 1. The molecule has 1 saturated carbocycles. The molecule has 0 bridgehead atoms. The zero-order chi connectivity index (χ0) is 14.9. The molecular formula is C17H18N2O2. The molecule has 1 heterocycles. The SMILES string of the molecule is C/C(=N/NC(=O)[C@@H]1C[C@@]1(C)c1ccccc1)c1ccco1. The first kappa shape index (κ1) is 13.6. The second-order valence-electron chi connectivity index (χ2n) is 5.69. The molecule has 2 atom stereocenters. The highest BCUT2D eigenvalue weighted by molar-refractivity contribution is 5.97. The van der Waals surface area contributed by atoms with E-state index in [1.54, 1.807) is 12.3 Å². The molecule has 0 spiro atoms. The first-order chi connectivity index (χ1) is 10.1. The number of rotatable bonds is 4. The highest BCUT2D eigenvalue weighted by Crippen LogP contribution is 2.53. The van der Waals surface area contributed by atoms with Crippen LogP contribution in [0.2, 0.25) is 0 Å². The third-order valence-corrected chi connectivity index (χ3v) is 4.20. The van der Waals surface area contributed by atoms with Gasteiger partial charge in [0, 0.05) is 5.41 Å². The van der Waals surface area contributed by atoms with Crippen molar-refractivity contribution in [2.45, 2.75) is 25.7 Å². The van der Waals surface area contributed by atoms with E-state index in [4.69, 9.17) is 4.42 Å². The molecule has 1 N–H and O–H groups in total. The molecule has 1 aromatic carbocycles. The second kappa shape index (κ2) is 5.20. The smallest absolute Gasteiger partial charge is 0.244 e. The maximum atomic E-state index is 12.2. The van der Waals surface area contributed by atoms with Crippen molar-refractivity contribution in [2.24, 2.45) is 11.0 Å². The van der Waals surface area contributed by atoms with E-state index in [0.717, 1.165) is 6.42 Å². The summed E-state index contributed by atoms with van der Waals surface area (Å²) < 4.78 is 5.23. The van der Waals surface area contributed by atoms with Crippen molar-refractivity contribution in [3.8, 4) is 0 Å². The number of carbonyl (C=O) groups excluding carboxylic acids is 1. The first-order valence-electron chi connectivity index (χ1n) is 7.05. The van der Waals surface area contributed by atoms with E-state index in [0.29, 0.717) is 11.5 Å². The van der Waals surface area contributed by atoms with Gasteiger partial charge < -0.3 is 4.42 Å². The Kier molecular flexibility index (Phi) is 3.37. The summed E-state index contributed by atoms with van der Waals surface area (Å²) in [4.78, 5) is 12.2. The minimum Gasteiger partial charge on any atom is -0.463 e. The van der Waals surface area contributed by atoms with Crippen LogP contribution in [0.3, 0.4) is 0 Å². The van der Waals surface area contributed by atoms with Gasteiger partial charge in [-0.05, 0) is 31.0 Å². The molecule has 3 rings (SSSR count). The molecule has 21 heavy (non-hydrogen) atoms. The molecular weight excluding hydrogens is 264 g/mol. The summed E-state index contributed by atoms with van der Waals surface area (Å²) in [5, 5.41) is 4.11. The van der Waals surface area contributed by atoms with Crippen molar-refractivity contribution in [1.82, 2.24) is 5.43 Å². The van der Waals surface area contributed by atoms with E-state index in [-0.39, 0.29) is 17.2 Å². The van der Waals surface area contributed by atoms with Crippen LogP contribution in [0.5, 0.6) is 0 Å². The normalized spacial score (nSPS) is 24.7. The number of benzene rings is 1. The Balaban J connectivity index is 1.65. The summed E-state index contributed by atoms with van der Waals surface area (Å²) >= 11 is 0. The lowest BCUT2D eigenvalue weighted by molar-refractivity contribution is -0.122. The molecule has 0 aliphatic heterocycles. The number of hydrazone groups is 1. The molecule has 4 heteroatoms. The van der Waals surface area contributed by atoms with Gasteiger partial charge in [0.15, 0.2) is 0 Å². The lowest BCUT2D eigenvalue weighted by Gasteiger charge is -2.10. The molecule has 4 nitrogen and oxygen atoms in total. The number of hydrogen-bond donors (Lipinski definition) is 1. The average molecular weight is 282 g/mol. The Labute approximate surface area is 123 Å². The van der Waals surface area contributed by atoms with E-state index in [2.05, 4.69) is 29.6 Å². The van der Waals surface area contributed by atoms with Crippen molar-refractivity contribution < 1.29 is 9.21 Å². The molecule has 0 saturated heterocycles. The fourth-order valence-electron chi connectivity index (χ4n) is 2.64. The van der Waals surface area contributed by atoms with E-state index >= 15 is 0 Å². The van der Waals surface area contributed by atoms with Gasteiger partial charge >= 0.3 is 0 Å². The molecule has 0 unspecified atom stereocenters.